The number of thiophene rings is 1. The van der Waals surface area contributed by atoms with Gasteiger partial charge in [0.2, 0.25) is 5.95 Å². The molecule has 0 saturated heterocycles. The van der Waals surface area contributed by atoms with Gasteiger partial charge in [0, 0.05) is 28.0 Å². The van der Waals surface area contributed by atoms with E-state index in [1.165, 1.54) is 29.4 Å². The fraction of sp³-hybridized carbons (Fsp3) is 0.167. The molecule has 0 aliphatic heterocycles. The van der Waals surface area contributed by atoms with Gasteiger partial charge in [-0.1, -0.05) is 0 Å². The highest BCUT2D eigenvalue weighted by Crippen LogP contribution is 2.21. The molecule has 0 aliphatic rings. The monoisotopic (exact) mass is 346 g/mol. The Hall–Kier alpha value is -1.34. The van der Waals surface area contributed by atoms with E-state index in [-0.39, 0.29) is 5.56 Å². The Bertz CT molecular complexity index is 618. The number of pyridine rings is 1. The van der Waals surface area contributed by atoms with Crippen molar-refractivity contribution in [3.8, 4) is 0 Å². The van der Waals surface area contributed by atoms with Crippen molar-refractivity contribution >= 4 is 33.2 Å². The molecular weight excluding hydrogens is 338 g/mol. The first-order valence-corrected chi connectivity index (χ1v) is 6.94. The zero-order valence-electron chi connectivity index (χ0n) is 9.86. The Morgan fingerprint density at radius 2 is 2.26 bits per heavy atom. The summed E-state index contributed by atoms with van der Waals surface area (Å²) in [6.07, 6.45) is 1.07. The zero-order chi connectivity index (χ0) is 14.0. The molecule has 2 aromatic rings. The topological polar surface area (TPSA) is 33.2 Å². The van der Waals surface area contributed by atoms with E-state index in [2.05, 4.69) is 20.9 Å². The van der Waals surface area contributed by atoms with Crippen molar-refractivity contribution < 1.29 is 13.6 Å². The highest BCUT2D eigenvalue weighted by atomic mass is 79.9. The average molecular weight is 347 g/mol. The lowest BCUT2D eigenvalue weighted by Gasteiger charge is -2.16. The standard InChI is InChI=1S/C12H9BrF2N2OS/c1-17(5-8-4-7(13)6-19-8)12(18)9-2-3-16-11(15)10(9)14/h2-4,6H,5H2,1H3. The Labute approximate surface area is 121 Å². The van der Waals surface area contributed by atoms with Gasteiger partial charge in [0.1, 0.15) is 0 Å². The third-order valence-corrected chi connectivity index (χ3v) is 4.12. The summed E-state index contributed by atoms with van der Waals surface area (Å²) in [5.41, 5.74) is -0.314. The highest BCUT2D eigenvalue weighted by molar-refractivity contribution is 9.10. The molecule has 0 spiro atoms. The molecule has 0 aliphatic carbocycles. The van der Waals surface area contributed by atoms with Crippen molar-refractivity contribution in [2.45, 2.75) is 6.54 Å². The van der Waals surface area contributed by atoms with E-state index in [1.54, 1.807) is 0 Å². The molecule has 2 heterocycles. The van der Waals surface area contributed by atoms with Crippen LogP contribution in [0.3, 0.4) is 0 Å². The molecule has 19 heavy (non-hydrogen) atoms. The lowest BCUT2D eigenvalue weighted by atomic mass is 10.2. The number of carbonyl (C=O) groups is 1. The van der Waals surface area contributed by atoms with Gasteiger partial charge >= 0.3 is 0 Å². The van der Waals surface area contributed by atoms with Crippen molar-refractivity contribution in [1.82, 2.24) is 9.88 Å². The van der Waals surface area contributed by atoms with Crippen LogP contribution in [0.15, 0.2) is 28.2 Å². The van der Waals surface area contributed by atoms with Crippen LogP contribution >= 0.6 is 27.3 Å². The highest BCUT2D eigenvalue weighted by Gasteiger charge is 2.19. The zero-order valence-corrected chi connectivity index (χ0v) is 12.3. The smallest absolute Gasteiger partial charge is 0.257 e. The fourth-order valence-corrected chi connectivity index (χ4v) is 3.03. The van der Waals surface area contributed by atoms with Gasteiger partial charge in [-0.15, -0.1) is 11.3 Å². The van der Waals surface area contributed by atoms with Crippen molar-refractivity contribution in [3.05, 3.63) is 50.4 Å². The minimum atomic E-state index is -1.27. The second-order valence-corrected chi connectivity index (χ2v) is 5.77. The summed E-state index contributed by atoms with van der Waals surface area (Å²) < 4.78 is 27.4. The first-order chi connectivity index (χ1) is 8.99. The number of hydrogen-bond donors (Lipinski definition) is 0. The number of nitrogens with zero attached hydrogens (tertiary/aromatic N) is 2. The van der Waals surface area contributed by atoms with Crippen LogP contribution in [0.5, 0.6) is 0 Å². The molecule has 0 fully saturated rings. The van der Waals surface area contributed by atoms with E-state index in [1.807, 2.05) is 11.4 Å². The maximum absolute atomic E-state index is 13.5. The van der Waals surface area contributed by atoms with E-state index in [0.717, 1.165) is 15.5 Å². The largest absolute Gasteiger partial charge is 0.336 e. The second-order valence-electron chi connectivity index (χ2n) is 3.86. The molecule has 1 amide bonds. The third kappa shape index (κ3) is 3.16. The van der Waals surface area contributed by atoms with Crippen LogP contribution in [0.2, 0.25) is 0 Å². The summed E-state index contributed by atoms with van der Waals surface area (Å²) in [6.45, 7) is 0.332. The molecule has 0 radical (unpaired) electrons. The molecule has 0 N–H and O–H groups in total. The third-order valence-electron chi connectivity index (χ3n) is 2.44. The maximum atomic E-state index is 13.5. The van der Waals surface area contributed by atoms with Crippen LogP contribution in [0.4, 0.5) is 8.78 Å². The molecule has 100 valence electrons. The van der Waals surface area contributed by atoms with Gasteiger partial charge in [-0.25, -0.2) is 9.37 Å². The molecule has 0 aromatic carbocycles. The van der Waals surface area contributed by atoms with Crippen LogP contribution in [0, 0.1) is 11.8 Å². The quantitative estimate of drug-likeness (QED) is 0.797. The Balaban J connectivity index is 2.17. The minimum absolute atomic E-state index is 0.314. The summed E-state index contributed by atoms with van der Waals surface area (Å²) in [6, 6.07) is 3.04. The number of halogens is 3. The summed E-state index contributed by atoms with van der Waals surface area (Å²) >= 11 is 4.79. The number of rotatable bonds is 3. The summed E-state index contributed by atoms with van der Waals surface area (Å²) in [4.78, 5) is 17.4. The van der Waals surface area contributed by atoms with E-state index >= 15 is 0 Å². The van der Waals surface area contributed by atoms with E-state index in [0.29, 0.717) is 6.54 Å². The Morgan fingerprint density at radius 1 is 1.53 bits per heavy atom. The van der Waals surface area contributed by atoms with E-state index in [4.69, 9.17) is 0 Å². The lowest BCUT2D eigenvalue weighted by molar-refractivity contribution is 0.0780. The summed E-state index contributed by atoms with van der Waals surface area (Å²) in [7, 11) is 1.54. The van der Waals surface area contributed by atoms with Crippen molar-refractivity contribution in [1.29, 1.82) is 0 Å². The van der Waals surface area contributed by atoms with Gasteiger partial charge in [0.25, 0.3) is 5.91 Å². The molecular formula is C12H9BrF2N2OS. The summed E-state index contributed by atoms with van der Waals surface area (Å²) in [5, 5.41) is 1.89. The van der Waals surface area contributed by atoms with Crippen LogP contribution < -0.4 is 0 Å². The molecule has 3 nitrogen and oxygen atoms in total. The van der Waals surface area contributed by atoms with Crippen molar-refractivity contribution in [2.75, 3.05) is 7.05 Å². The van der Waals surface area contributed by atoms with Crippen molar-refractivity contribution in [3.63, 3.8) is 0 Å². The fourth-order valence-electron chi connectivity index (χ4n) is 1.53. The first kappa shape index (κ1) is 14.1. The number of carbonyl (C=O) groups excluding carboxylic acids is 1. The number of amides is 1. The minimum Gasteiger partial charge on any atom is -0.336 e. The average Bonchev–Trinajstić information content (AvgIpc) is 2.77. The van der Waals surface area contributed by atoms with Crippen molar-refractivity contribution in [2.24, 2.45) is 0 Å². The molecule has 0 unspecified atom stereocenters. The van der Waals surface area contributed by atoms with Crippen LogP contribution in [0.25, 0.3) is 0 Å². The Morgan fingerprint density at radius 3 is 2.89 bits per heavy atom. The lowest BCUT2D eigenvalue weighted by Crippen LogP contribution is -2.27. The second kappa shape index (κ2) is 5.75. The molecule has 0 saturated carbocycles. The van der Waals surface area contributed by atoms with Crippen LogP contribution in [-0.4, -0.2) is 22.8 Å². The van der Waals surface area contributed by atoms with Crippen LogP contribution in [0.1, 0.15) is 15.2 Å². The van der Waals surface area contributed by atoms with E-state index in [9.17, 15) is 13.6 Å². The molecule has 2 rings (SSSR count). The molecule has 2 aromatic heterocycles. The van der Waals surface area contributed by atoms with E-state index < -0.39 is 17.7 Å². The van der Waals surface area contributed by atoms with Gasteiger partial charge in [-0.2, -0.15) is 4.39 Å². The maximum Gasteiger partial charge on any atom is 0.257 e. The van der Waals surface area contributed by atoms with Crippen LogP contribution in [-0.2, 0) is 6.54 Å². The first-order valence-electron chi connectivity index (χ1n) is 5.27. The molecule has 7 heteroatoms. The normalized spacial score (nSPS) is 10.5. The number of hydrogen-bond acceptors (Lipinski definition) is 3. The molecule has 0 atom stereocenters. The number of aromatic nitrogens is 1. The SMILES string of the molecule is CN(Cc1cc(Br)cs1)C(=O)c1ccnc(F)c1F. The predicted molar refractivity (Wildman–Crippen MR) is 72.0 cm³/mol. The van der Waals surface area contributed by atoms with Gasteiger partial charge in [0.15, 0.2) is 5.82 Å². The summed E-state index contributed by atoms with van der Waals surface area (Å²) in [5.74, 6) is -3.06. The van der Waals surface area contributed by atoms with Gasteiger partial charge in [0.05, 0.1) is 12.1 Å². The Kier molecular flexibility index (Phi) is 4.26. The van der Waals surface area contributed by atoms with Gasteiger partial charge in [-0.3, -0.25) is 4.79 Å². The predicted octanol–water partition coefficient (Wildman–Crippen LogP) is 3.46. The van der Waals surface area contributed by atoms with Gasteiger partial charge < -0.3 is 4.90 Å². The van der Waals surface area contributed by atoms with Gasteiger partial charge in [-0.05, 0) is 28.1 Å². The molecule has 0 bridgehead atoms.